The first-order valence-corrected chi connectivity index (χ1v) is 10.2. The molecule has 1 aromatic heterocycles. The van der Waals surface area contributed by atoms with E-state index in [0.717, 1.165) is 18.4 Å². The summed E-state index contributed by atoms with van der Waals surface area (Å²) in [5, 5.41) is 3.40. The number of rotatable bonds is 4. The van der Waals surface area contributed by atoms with Crippen LogP contribution in [0.15, 0.2) is 40.8 Å². The Bertz CT molecular complexity index is 864. The Morgan fingerprint density at radius 1 is 1.17 bits per heavy atom. The van der Waals surface area contributed by atoms with E-state index in [-0.39, 0.29) is 5.91 Å². The number of hydrogen-bond donors (Lipinski definition) is 1. The molecule has 0 spiro atoms. The number of halogens is 1. The van der Waals surface area contributed by atoms with Crippen LogP contribution in [0, 0.1) is 5.92 Å². The monoisotopic (exact) mass is 418 g/mol. The summed E-state index contributed by atoms with van der Waals surface area (Å²) >= 11 is 6.21. The Balaban J connectivity index is 1.51. The van der Waals surface area contributed by atoms with Crippen molar-refractivity contribution in [3.63, 3.8) is 0 Å². The number of ether oxygens (including phenoxy) is 1. The summed E-state index contributed by atoms with van der Waals surface area (Å²) in [6.45, 7) is 7.31. The molecule has 156 valence electrons. The van der Waals surface area contributed by atoms with Gasteiger partial charge in [-0.05, 0) is 63.8 Å². The maximum absolute atomic E-state index is 12.8. The Kier molecular flexibility index (Phi) is 6.52. The molecule has 0 radical (unpaired) electrons. The van der Waals surface area contributed by atoms with Gasteiger partial charge in [0.25, 0.3) is 5.91 Å². The standard InChI is InChI=1S/C22H27ClN2O4/c1-22(2,3)29-21(27)24-14-15-10-12-25(13-11-15)20(26)19-9-8-18(28-19)16-6-4-5-7-17(16)23/h4-9,15H,10-14H2,1-3H3,(H,24,27). The van der Waals surface area contributed by atoms with E-state index in [1.807, 2.05) is 39.0 Å². The zero-order valence-electron chi connectivity index (χ0n) is 17.0. The minimum absolute atomic E-state index is 0.123. The fourth-order valence-electron chi connectivity index (χ4n) is 3.30. The number of amides is 2. The molecule has 6 nitrogen and oxygen atoms in total. The van der Waals surface area contributed by atoms with E-state index in [9.17, 15) is 9.59 Å². The smallest absolute Gasteiger partial charge is 0.407 e. The van der Waals surface area contributed by atoms with Crippen LogP contribution in [0.5, 0.6) is 0 Å². The SMILES string of the molecule is CC(C)(C)OC(=O)NCC1CCN(C(=O)c2ccc(-c3ccccc3Cl)o2)CC1. The lowest BCUT2D eigenvalue weighted by atomic mass is 9.96. The van der Waals surface area contributed by atoms with Crippen molar-refractivity contribution >= 4 is 23.6 Å². The number of hydrogen-bond acceptors (Lipinski definition) is 4. The quantitative estimate of drug-likeness (QED) is 0.760. The van der Waals surface area contributed by atoms with Gasteiger partial charge in [0, 0.05) is 25.2 Å². The zero-order valence-corrected chi connectivity index (χ0v) is 17.8. The second-order valence-corrected chi connectivity index (χ2v) is 8.67. The van der Waals surface area contributed by atoms with Crippen molar-refractivity contribution in [1.82, 2.24) is 10.2 Å². The number of carbonyl (C=O) groups excluding carboxylic acids is 2. The van der Waals surface area contributed by atoms with Crippen LogP contribution in [0.25, 0.3) is 11.3 Å². The number of furan rings is 1. The van der Waals surface area contributed by atoms with E-state index in [2.05, 4.69) is 5.32 Å². The molecular weight excluding hydrogens is 392 g/mol. The van der Waals surface area contributed by atoms with Crippen molar-refractivity contribution in [3.8, 4) is 11.3 Å². The third-order valence-corrected chi connectivity index (χ3v) is 5.12. The summed E-state index contributed by atoms with van der Waals surface area (Å²) in [6.07, 6.45) is 1.23. The fourth-order valence-corrected chi connectivity index (χ4v) is 3.53. The minimum Gasteiger partial charge on any atom is -0.451 e. The largest absolute Gasteiger partial charge is 0.451 e. The van der Waals surface area contributed by atoms with Gasteiger partial charge in [0.2, 0.25) is 0 Å². The van der Waals surface area contributed by atoms with Crippen LogP contribution >= 0.6 is 11.6 Å². The van der Waals surface area contributed by atoms with Gasteiger partial charge in [0.1, 0.15) is 11.4 Å². The number of piperidine rings is 1. The van der Waals surface area contributed by atoms with E-state index in [1.165, 1.54) is 0 Å². The van der Waals surface area contributed by atoms with Gasteiger partial charge in [-0.25, -0.2) is 4.79 Å². The van der Waals surface area contributed by atoms with Crippen molar-refractivity contribution in [2.24, 2.45) is 5.92 Å². The molecule has 1 saturated heterocycles. The summed E-state index contributed by atoms with van der Waals surface area (Å²) in [7, 11) is 0. The molecule has 0 saturated carbocycles. The molecule has 0 aliphatic carbocycles. The summed E-state index contributed by atoms with van der Waals surface area (Å²) in [6, 6.07) is 10.8. The van der Waals surface area contributed by atoms with Crippen LogP contribution in [0.4, 0.5) is 4.79 Å². The predicted molar refractivity (Wildman–Crippen MR) is 112 cm³/mol. The molecule has 29 heavy (non-hydrogen) atoms. The van der Waals surface area contributed by atoms with Crippen molar-refractivity contribution in [2.75, 3.05) is 19.6 Å². The maximum Gasteiger partial charge on any atom is 0.407 e. The molecular formula is C22H27ClN2O4. The molecule has 1 N–H and O–H groups in total. The Morgan fingerprint density at radius 3 is 2.52 bits per heavy atom. The van der Waals surface area contributed by atoms with Crippen LogP contribution in [0.2, 0.25) is 5.02 Å². The second-order valence-electron chi connectivity index (χ2n) is 8.26. The molecule has 2 aromatic rings. The lowest BCUT2D eigenvalue weighted by Crippen LogP contribution is -2.42. The number of benzene rings is 1. The highest BCUT2D eigenvalue weighted by molar-refractivity contribution is 6.33. The van der Waals surface area contributed by atoms with Gasteiger partial charge in [0.05, 0.1) is 5.02 Å². The van der Waals surface area contributed by atoms with Gasteiger partial charge >= 0.3 is 6.09 Å². The van der Waals surface area contributed by atoms with Crippen molar-refractivity contribution < 1.29 is 18.7 Å². The molecule has 3 rings (SSSR count). The van der Waals surface area contributed by atoms with Crippen LogP contribution in [0.1, 0.15) is 44.2 Å². The predicted octanol–water partition coefficient (Wildman–Crippen LogP) is 4.98. The second kappa shape index (κ2) is 8.91. The van der Waals surface area contributed by atoms with Gasteiger partial charge in [-0.2, -0.15) is 0 Å². The van der Waals surface area contributed by atoms with E-state index in [0.29, 0.717) is 42.1 Å². The molecule has 1 aliphatic rings. The average molecular weight is 419 g/mol. The lowest BCUT2D eigenvalue weighted by molar-refractivity contribution is 0.0497. The Labute approximate surface area is 176 Å². The lowest BCUT2D eigenvalue weighted by Gasteiger charge is -2.31. The normalized spacial score (nSPS) is 15.2. The van der Waals surface area contributed by atoms with Gasteiger partial charge < -0.3 is 19.4 Å². The van der Waals surface area contributed by atoms with Gasteiger partial charge in [-0.3, -0.25) is 4.79 Å². The molecule has 7 heteroatoms. The Morgan fingerprint density at radius 2 is 1.86 bits per heavy atom. The third kappa shape index (κ3) is 5.76. The number of carbonyl (C=O) groups is 2. The average Bonchev–Trinajstić information content (AvgIpc) is 3.15. The molecule has 0 unspecified atom stereocenters. The highest BCUT2D eigenvalue weighted by atomic mass is 35.5. The topological polar surface area (TPSA) is 71.8 Å². The first kappa shape index (κ1) is 21.2. The molecule has 1 fully saturated rings. The van der Waals surface area contributed by atoms with Gasteiger partial charge in [-0.1, -0.05) is 23.7 Å². The van der Waals surface area contributed by atoms with Crippen LogP contribution in [0.3, 0.4) is 0 Å². The van der Waals surface area contributed by atoms with Crippen molar-refractivity contribution in [1.29, 1.82) is 0 Å². The highest BCUT2D eigenvalue weighted by Gasteiger charge is 2.26. The van der Waals surface area contributed by atoms with E-state index in [1.54, 1.807) is 23.1 Å². The highest BCUT2D eigenvalue weighted by Crippen LogP contribution is 2.30. The third-order valence-electron chi connectivity index (χ3n) is 4.79. The number of nitrogens with one attached hydrogen (secondary N) is 1. The van der Waals surface area contributed by atoms with E-state index in [4.69, 9.17) is 20.8 Å². The first-order valence-electron chi connectivity index (χ1n) is 9.84. The molecule has 2 heterocycles. The van der Waals surface area contributed by atoms with Gasteiger partial charge in [0.15, 0.2) is 5.76 Å². The molecule has 0 atom stereocenters. The Hall–Kier alpha value is -2.47. The minimum atomic E-state index is -0.508. The summed E-state index contributed by atoms with van der Waals surface area (Å²) in [5.74, 6) is 1.09. The summed E-state index contributed by atoms with van der Waals surface area (Å²) in [4.78, 5) is 26.3. The van der Waals surface area contributed by atoms with Crippen LogP contribution in [-0.4, -0.2) is 42.1 Å². The number of alkyl carbamates (subject to hydrolysis) is 1. The number of nitrogens with zero attached hydrogens (tertiary/aromatic N) is 1. The number of likely N-dealkylation sites (tertiary alicyclic amines) is 1. The van der Waals surface area contributed by atoms with Crippen molar-refractivity contribution in [3.05, 3.63) is 47.2 Å². The fraction of sp³-hybridized carbons (Fsp3) is 0.455. The molecule has 1 aliphatic heterocycles. The van der Waals surface area contributed by atoms with Crippen molar-refractivity contribution in [2.45, 2.75) is 39.2 Å². The van der Waals surface area contributed by atoms with E-state index >= 15 is 0 Å². The molecule has 2 amide bonds. The molecule has 1 aromatic carbocycles. The van der Waals surface area contributed by atoms with Crippen LogP contribution in [-0.2, 0) is 4.74 Å². The summed E-state index contributed by atoms with van der Waals surface area (Å²) < 4.78 is 11.0. The van der Waals surface area contributed by atoms with E-state index < -0.39 is 11.7 Å². The van der Waals surface area contributed by atoms with Crippen LogP contribution < -0.4 is 5.32 Å². The van der Waals surface area contributed by atoms with Gasteiger partial charge in [-0.15, -0.1) is 0 Å². The summed E-state index contributed by atoms with van der Waals surface area (Å²) in [5.41, 5.74) is 0.256. The maximum atomic E-state index is 12.8. The first-order chi connectivity index (χ1) is 13.7. The molecule has 0 bridgehead atoms. The zero-order chi connectivity index (χ0) is 21.0.